The van der Waals surface area contributed by atoms with Crippen molar-refractivity contribution < 1.29 is 4.74 Å². The summed E-state index contributed by atoms with van der Waals surface area (Å²) >= 11 is 5.76. The molecular weight excluding hydrogens is 264 g/mol. The van der Waals surface area contributed by atoms with Gasteiger partial charge in [0.05, 0.1) is 12.3 Å². The summed E-state index contributed by atoms with van der Waals surface area (Å²) in [7, 11) is 0. The Balaban J connectivity index is 1.96. The van der Waals surface area contributed by atoms with E-state index in [9.17, 15) is 0 Å². The van der Waals surface area contributed by atoms with E-state index >= 15 is 0 Å². The van der Waals surface area contributed by atoms with E-state index in [0.29, 0.717) is 23.5 Å². The predicted molar refractivity (Wildman–Crippen MR) is 73.0 cm³/mol. The first kappa shape index (κ1) is 14.0. The summed E-state index contributed by atoms with van der Waals surface area (Å²) < 4.78 is 5.62. The van der Waals surface area contributed by atoms with Gasteiger partial charge < -0.3 is 10.1 Å². The van der Waals surface area contributed by atoms with Crippen LogP contribution in [0.15, 0.2) is 6.20 Å². The van der Waals surface area contributed by atoms with Crippen molar-refractivity contribution in [3.63, 3.8) is 0 Å². The molecule has 1 heterocycles. The zero-order valence-electron chi connectivity index (χ0n) is 10.9. The van der Waals surface area contributed by atoms with Crippen LogP contribution in [-0.2, 0) is 4.74 Å². The van der Waals surface area contributed by atoms with E-state index in [1.165, 1.54) is 6.20 Å². The van der Waals surface area contributed by atoms with Gasteiger partial charge >= 0.3 is 0 Å². The fraction of sp³-hybridized carbons (Fsp3) is 0.615. The van der Waals surface area contributed by atoms with Gasteiger partial charge in [0.25, 0.3) is 0 Å². The van der Waals surface area contributed by atoms with Crippen molar-refractivity contribution in [1.82, 2.24) is 9.97 Å². The normalized spacial score (nSPS) is 22.8. The van der Waals surface area contributed by atoms with E-state index in [2.05, 4.69) is 21.4 Å². The maximum atomic E-state index is 9.02. The molecule has 1 fully saturated rings. The van der Waals surface area contributed by atoms with E-state index < -0.39 is 0 Å². The summed E-state index contributed by atoms with van der Waals surface area (Å²) in [6, 6.07) is 2.39. The lowest BCUT2D eigenvalue weighted by atomic mass is 9.93. The van der Waals surface area contributed by atoms with Gasteiger partial charge in [-0.3, -0.25) is 0 Å². The van der Waals surface area contributed by atoms with Crippen LogP contribution >= 0.6 is 11.6 Å². The summed E-state index contributed by atoms with van der Waals surface area (Å²) in [5.74, 6) is 0.530. The van der Waals surface area contributed by atoms with Crippen LogP contribution in [0.5, 0.6) is 0 Å². The molecule has 1 aromatic rings. The molecule has 19 heavy (non-hydrogen) atoms. The number of halogens is 1. The van der Waals surface area contributed by atoms with Crippen LogP contribution < -0.4 is 5.32 Å². The van der Waals surface area contributed by atoms with Gasteiger partial charge in [0.15, 0.2) is 0 Å². The standard InChI is InChI=1S/C13H17ClN4O/c1-2-19-11-5-3-10(4-6-11)17-12-9(7-15)8-16-13(14)18-12/h8,10-11H,2-6H2,1H3,(H,16,17,18). The van der Waals surface area contributed by atoms with Crippen LogP contribution in [-0.4, -0.2) is 28.7 Å². The van der Waals surface area contributed by atoms with Crippen molar-refractivity contribution in [3.8, 4) is 6.07 Å². The SMILES string of the molecule is CCOC1CCC(Nc2nc(Cl)ncc2C#N)CC1. The molecule has 0 atom stereocenters. The molecule has 1 N–H and O–H groups in total. The second-order valence-corrected chi connectivity index (χ2v) is 4.92. The summed E-state index contributed by atoms with van der Waals surface area (Å²) in [5.41, 5.74) is 0.427. The minimum atomic E-state index is 0.157. The number of rotatable bonds is 4. The lowest BCUT2D eigenvalue weighted by Gasteiger charge is -2.29. The Morgan fingerprint density at radius 2 is 2.21 bits per heavy atom. The average molecular weight is 281 g/mol. The van der Waals surface area contributed by atoms with Gasteiger partial charge in [-0.2, -0.15) is 10.2 Å². The second-order valence-electron chi connectivity index (χ2n) is 4.59. The van der Waals surface area contributed by atoms with Crippen LogP contribution in [0.25, 0.3) is 0 Å². The molecule has 1 aromatic heterocycles. The molecule has 0 radical (unpaired) electrons. The van der Waals surface area contributed by atoms with Crippen molar-refractivity contribution in [2.24, 2.45) is 0 Å². The Labute approximate surface area is 118 Å². The van der Waals surface area contributed by atoms with Crippen molar-refractivity contribution >= 4 is 17.4 Å². The van der Waals surface area contributed by atoms with Crippen LogP contribution in [0.3, 0.4) is 0 Å². The molecule has 1 aliphatic rings. The van der Waals surface area contributed by atoms with Crippen LogP contribution in [0.4, 0.5) is 5.82 Å². The highest BCUT2D eigenvalue weighted by Crippen LogP contribution is 2.24. The summed E-state index contributed by atoms with van der Waals surface area (Å²) in [6.07, 6.45) is 5.91. The predicted octanol–water partition coefficient (Wildman–Crippen LogP) is 2.76. The van der Waals surface area contributed by atoms with Gasteiger partial charge in [-0.05, 0) is 44.2 Å². The molecular formula is C13H17ClN4O. The minimum Gasteiger partial charge on any atom is -0.379 e. The van der Waals surface area contributed by atoms with Gasteiger partial charge in [0.2, 0.25) is 5.28 Å². The number of aromatic nitrogens is 2. The molecule has 0 amide bonds. The summed E-state index contributed by atoms with van der Waals surface area (Å²) in [6.45, 7) is 2.79. The van der Waals surface area contributed by atoms with E-state index in [0.717, 1.165) is 32.3 Å². The molecule has 1 aliphatic carbocycles. The highest BCUT2D eigenvalue weighted by Gasteiger charge is 2.22. The van der Waals surface area contributed by atoms with Gasteiger partial charge in [0, 0.05) is 12.6 Å². The van der Waals surface area contributed by atoms with E-state index in [-0.39, 0.29) is 5.28 Å². The van der Waals surface area contributed by atoms with Crippen molar-refractivity contribution in [2.45, 2.75) is 44.8 Å². The fourth-order valence-electron chi connectivity index (χ4n) is 2.36. The fourth-order valence-corrected chi connectivity index (χ4v) is 2.49. The zero-order chi connectivity index (χ0) is 13.7. The number of nitriles is 1. The van der Waals surface area contributed by atoms with Gasteiger partial charge in [-0.15, -0.1) is 0 Å². The monoisotopic (exact) mass is 280 g/mol. The first-order valence-corrected chi connectivity index (χ1v) is 6.91. The maximum Gasteiger partial charge on any atom is 0.224 e. The van der Waals surface area contributed by atoms with Crippen molar-refractivity contribution in [2.75, 3.05) is 11.9 Å². The zero-order valence-corrected chi connectivity index (χ0v) is 11.7. The quantitative estimate of drug-likeness (QED) is 0.859. The molecule has 0 aliphatic heterocycles. The Morgan fingerprint density at radius 3 is 2.84 bits per heavy atom. The van der Waals surface area contributed by atoms with E-state index in [4.69, 9.17) is 21.6 Å². The Bertz CT molecular complexity index is 466. The number of nitrogens with zero attached hydrogens (tertiary/aromatic N) is 3. The van der Waals surface area contributed by atoms with Crippen LogP contribution in [0.1, 0.15) is 38.2 Å². The molecule has 5 nitrogen and oxygen atoms in total. The Kier molecular flexibility index (Phi) is 4.94. The smallest absolute Gasteiger partial charge is 0.224 e. The lowest BCUT2D eigenvalue weighted by molar-refractivity contribution is 0.0346. The largest absolute Gasteiger partial charge is 0.379 e. The molecule has 2 rings (SSSR count). The van der Waals surface area contributed by atoms with Crippen LogP contribution in [0.2, 0.25) is 5.28 Å². The molecule has 0 spiro atoms. The van der Waals surface area contributed by atoms with Gasteiger partial charge in [0.1, 0.15) is 17.5 Å². The lowest BCUT2D eigenvalue weighted by Crippen LogP contribution is -2.30. The molecule has 0 aromatic carbocycles. The third-order valence-corrected chi connectivity index (χ3v) is 3.48. The van der Waals surface area contributed by atoms with Crippen molar-refractivity contribution in [1.29, 1.82) is 5.26 Å². The molecule has 102 valence electrons. The number of ether oxygens (including phenoxy) is 1. The first-order valence-electron chi connectivity index (χ1n) is 6.53. The Hall–Kier alpha value is -1.38. The number of nitrogens with one attached hydrogen (secondary N) is 1. The second kappa shape index (κ2) is 6.69. The topological polar surface area (TPSA) is 70.8 Å². The minimum absolute atomic E-state index is 0.157. The Morgan fingerprint density at radius 1 is 1.47 bits per heavy atom. The van der Waals surface area contributed by atoms with Gasteiger partial charge in [-0.25, -0.2) is 4.98 Å². The highest BCUT2D eigenvalue weighted by atomic mass is 35.5. The number of hydrogen-bond donors (Lipinski definition) is 1. The van der Waals surface area contributed by atoms with E-state index in [1.54, 1.807) is 0 Å². The number of anilines is 1. The molecule has 0 saturated heterocycles. The highest BCUT2D eigenvalue weighted by molar-refractivity contribution is 6.28. The summed E-state index contributed by atoms with van der Waals surface area (Å²) in [4.78, 5) is 7.89. The van der Waals surface area contributed by atoms with E-state index in [1.807, 2.05) is 6.92 Å². The van der Waals surface area contributed by atoms with Crippen LogP contribution in [0, 0.1) is 11.3 Å². The molecule has 0 bridgehead atoms. The molecule has 1 saturated carbocycles. The van der Waals surface area contributed by atoms with Gasteiger partial charge in [-0.1, -0.05) is 0 Å². The molecule has 0 unspecified atom stereocenters. The summed E-state index contributed by atoms with van der Waals surface area (Å²) in [5, 5.41) is 12.5. The molecule has 6 heteroatoms. The number of hydrogen-bond acceptors (Lipinski definition) is 5. The van der Waals surface area contributed by atoms with Crippen molar-refractivity contribution in [3.05, 3.63) is 17.0 Å². The third-order valence-electron chi connectivity index (χ3n) is 3.30. The third kappa shape index (κ3) is 3.79. The maximum absolute atomic E-state index is 9.02. The average Bonchev–Trinajstić information content (AvgIpc) is 2.42. The first-order chi connectivity index (χ1) is 9.22.